The summed E-state index contributed by atoms with van der Waals surface area (Å²) in [6, 6.07) is 10.6. The number of ether oxygens (including phenoxy) is 2. The molecule has 4 rings (SSSR count). The first-order valence-electron chi connectivity index (χ1n) is 13.3. The molecule has 0 spiro atoms. The molecule has 2 heterocycles. The average molecular weight is 601 g/mol. The number of likely N-dealkylation sites (N-methyl/N-ethyl adjacent to an activating group) is 1. The molecule has 0 radical (unpaired) electrons. The number of para-hydroxylation sites is 1. The summed E-state index contributed by atoms with van der Waals surface area (Å²) in [4.78, 5) is 33.7. The van der Waals surface area contributed by atoms with Crippen LogP contribution in [0.3, 0.4) is 0 Å². The maximum absolute atomic E-state index is 13.7. The van der Waals surface area contributed by atoms with Crippen molar-refractivity contribution in [2.24, 2.45) is 13.0 Å². The molecule has 3 atom stereocenters. The Hall–Kier alpha value is -4.30. The Labute approximate surface area is 245 Å². The van der Waals surface area contributed by atoms with Crippen molar-refractivity contribution in [3.63, 3.8) is 0 Å². The number of aliphatic hydroxyl groups excluding tert-OH is 1. The molecule has 226 valence electrons. The molecule has 3 aromatic rings. The third-order valence-corrected chi connectivity index (χ3v) is 8.28. The van der Waals surface area contributed by atoms with Crippen LogP contribution in [0.25, 0.3) is 0 Å². The van der Waals surface area contributed by atoms with Crippen LogP contribution in [0.1, 0.15) is 24.2 Å². The van der Waals surface area contributed by atoms with E-state index in [1.807, 2.05) is 6.92 Å². The van der Waals surface area contributed by atoms with Gasteiger partial charge in [0.2, 0.25) is 0 Å². The van der Waals surface area contributed by atoms with Crippen LogP contribution < -0.4 is 19.5 Å². The lowest BCUT2D eigenvalue weighted by atomic mass is 9.99. The van der Waals surface area contributed by atoms with Gasteiger partial charge < -0.3 is 34.3 Å². The van der Waals surface area contributed by atoms with Crippen molar-refractivity contribution in [3.8, 4) is 11.5 Å². The Morgan fingerprint density at radius 2 is 1.98 bits per heavy atom. The molecule has 0 bridgehead atoms. The van der Waals surface area contributed by atoms with Gasteiger partial charge >= 0.3 is 6.03 Å². The minimum absolute atomic E-state index is 0.0256. The Bertz CT molecular complexity index is 1530. The number of imidazole rings is 1. The van der Waals surface area contributed by atoms with E-state index in [0.29, 0.717) is 11.4 Å². The van der Waals surface area contributed by atoms with Crippen LogP contribution in [-0.4, -0.2) is 90.8 Å². The number of aliphatic hydroxyl groups is 1. The summed E-state index contributed by atoms with van der Waals surface area (Å²) in [7, 11) is 0.703. The zero-order chi connectivity index (χ0) is 30.6. The SMILES string of the molecule is COc1ccc(NC(=O)N(C)C[C@@H]2Oc3c(NS(=O)(=O)c4cn(C)cn4)cccc3C(=O)N([C@@H](C)CO)C[C@H]2C)cc1. The Morgan fingerprint density at radius 1 is 1.26 bits per heavy atom. The maximum atomic E-state index is 13.7. The minimum Gasteiger partial charge on any atom is -0.497 e. The molecule has 0 aliphatic carbocycles. The van der Waals surface area contributed by atoms with Crippen molar-refractivity contribution < 1.29 is 32.6 Å². The molecule has 1 aliphatic heterocycles. The summed E-state index contributed by atoms with van der Waals surface area (Å²) in [6.45, 7) is 3.68. The summed E-state index contributed by atoms with van der Waals surface area (Å²) < 4.78 is 41.9. The number of benzene rings is 2. The molecule has 14 heteroatoms. The van der Waals surface area contributed by atoms with Crippen molar-refractivity contribution in [1.29, 1.82) is 0 Å². The number of sulfonamides is 1. The topological polar surface area (TPSA) is 155 Å². The number of methoxy groups -OCH3 is 1. The Morgan fingerprint density at radius 3 is 2.60 bits per heavy atom. The number of urea groups is 1. The normalized spacial score (nSPS) is 17.8. The zero-order valence-corrected chi connectivity index (χ0v) is 25.0. The predicted molar refractivity (Wildman–Crippen MR) is 156 cm³/mol. The van der Waals surface area contributed by atoms with E-state index >= 15 is 0 Å². The first-order chi connectivity index (χ1) is 19.9. The standard InChI is InChI=1S/C28H36N6O7S/c1-18-13-34(19(2)16-35)27(36)22-7-6-8-23(31-42(38,39)25-15-32(3)17-29-25)26(22)41-24(18)14-33(4)28(37)30-20-9-11-21(40-5)12-10-20/h6-12,15,17-19,24,31,35H,13-14,16H2,1-5H3,(H,30,37)/t18-,19+,24+/m1/s1. The van der Waals surface area contributed by atoms with Gasteiger partial charge in [-0.3, -0.25) is 9.52 Å². The number of hydrogen-bond donors (Lipinski definition) is 3. The second-order valence-corrected chi connectivity index (χ2v) is 12.0. The quantitative estimate of drug-likeness (QED) is 0.339. The van der Waals surface area contributed by atoms with Gasteiger partial charge in [-0.05, 0) is 43.3 Å². The highest BCUT2D eigenvalue weighted by atomic mass is 32.2. The van der Waals surface area contributed by atoms with Gasteiger partial charge in [0.15, 0.2) is 10.8 Å². The van der Waals surface area contributed by atoms with E-state index in [2.05, 4.69) is 15.0 Å². The van der Waals surface area contributed by atoms with E-state index in [1.54, 1.807) is 64.5 Å². The van der Waals surface area contributed by atoms with Crippen LogP contribution in [0.2, 0.25) is 0 Å². The molecule has 0 fully saturated rings. The van der Waals surface area contributed by atoms with E-state index in [0.717, 1.165) is 0 Å². The molecule has 13 nitrogen and oxygen atoms in total. The summed E-state index contributed by atoms with van der Waals surface area (Å²) in [5.41, 5.74) is 0.746. The van der Waals surface area contributed by atoms with Crippen molar-refractivity contribution in [1.82, 2.24) is 19.4 Å². The predicted octanol–water partition coefficient (Wildman–Crippen LogP) is 2.61. The van der Waals surface area contributed by atoms with Gasteiger partial charge in [-0.25, -0.2) is 9.78 Å². The van der Waals surface area contributed by atoms with Crippen LogP contribution in [0.4, 0.5) is 16.2 Å². The molecule has 0 saturated carbocycles. The third kappa shape index (κ3) is 6.77. The van der Waals surface area contributed by atoms with Gasteiger partial charge in [-0.15, -0.1) is 0 Å². The fourth-order valence-electron chi connectivity index (χ4n) is 4.51. The number of aromatic nitrogens is 2. The summed E-state index contributed by atoms with van der Waals surface area (Å²) in [5, 5.41) is 12.5. The summed E-state index contributed by atoms with van der Waals surface area (Å²) in [6.07, 6.45) is 2.06. The van der Waals surface area contributed by atoms with E-state index < -0.39 is 28.1 Å². The fraction of sp³-hybridized carbons (Fsp3) is 0.393. The van der Waals surface area contributed by atoms with Crippen molar-refractivity contribution in [3.05, 3.63) is 60.6 Å². The number of aryl methyl sites for hydroxylation is 1. The number of amides is 3. The monoisotopic (exact) mass is 600 g/mol. The second-order valence-electron chi connectivity index (χ2n) is 10.3. The highest BCUT2D eigenvalue weighted by Crippen LogP contribution is 2.36. The molecule has 42 heavy (non-hydrogen) atoms. The van der Waals surface area contributed by atoms with Gasteiger partial charge in [0.1, 0.15) is 11.9 Å². The fourth-order valence-corrected chi connectivity index (χ4v) is 5.56. The smallest absolute Gasteiger partial charge is 0.321 e. The molecule has 2 aromatic carbocycles. The molecular formula is C28H36N6O7S. The van der Waals surface area contributed by atoms with Gasteiger partial charge in [0.25, 0.3) is 15.9 Å². The van der Waals surface area contributed by atoms with Crippen molar-refractivity contribution in [2.75, 3.05) is 43.9 Å². The molecule has 0 saturated heterocycles. The number of nitrogens with one attached hydrogen (secondary N) is 2. The van der Waals surface area contributed by atoms with Crippen molar-refractivity contribution in [2.45, 2.75) is 31.0 Å². The molecule has 1 aliphatic rings. The number of nitrogens with zero attached hydrogens (tertiary/aromatic N) is 4. The van der Waals surface area contributed by atoms with Gasteiger partial charge in [0, 0.05) is 38.4 Å². The van der Waals surface area contributed by atoms with Gasteiger partial charge in [-0.1, -0.05) is 13.0 Å². The highest BCUT2D eigenvalue weighted by molar-refractivity contribution is 7.92. The molecule has 3 amide bonds. The number of carbonyl (C=O) groups excluding carboxylic acids is 2. The number of rotatable bonds is 9. The zero-order valence-electron chi connectivity index (χ0n) is 24.1. The lowest BCUT2D eigenvalue weighted by Gasteiger charge is -2.38. The maximum Gasteiger partial charge on any atom is 0.321 e. The number of anilines is 2. The van der Waals surface area contributed by atoms with Crippen LogP contribution in [-0.2, 0) is 17.1 Å². The largest absolute Gasteiger partial charge is 0.497 e. The average Bonchev–Trinajstić information content (AvgIpc) is 3.42. The lowest BCUT2D eigenvalue weighted by Crippen LogP contribution is -2.50. The van der Waals surface area contributed by atoms with Crippen LogP contribution in [0.5, 0.6) is 11.5 Å². The lowest BCUT2D eigenvalue weighted by molar-refractivity contribution is 0.0373. The Balaban J connectivity index is 1.66. The first kappa shape index (κ1) is 30.7. The number of carbonyl (C=O) groups is 2. The van der Waals surface area contributed by atoms with E-state index in [-0.39, 0.29) is 53.7 Å². The van der Waals surface area contributed by atoms with E-state index in [4.69, 9.17) is 9.47 Å². The first-order valence-corrected chi connectivity index (χ1v) is 14.8. The Kier molecular flexibility index (Phi) is 9.27. The van der Waals surface area contributed by atoms with Crippen molar-refractivity contribution >= 4 is 33.3 Å². The highest BCUT2D eigenvalue weighted by Gasteiger charge is 2.35. The molecule has 0 unspecified atom stereocenters. The van der Waals surface area contributed by atoms with Gasteiger partial charge in [-0.2, -0.15) is 8.42 Å². The van der Waals surface area contributed by atoms with E-state index in [1.165, 1.54) is 33.0 Å². The molecule has 3 N–H and O–H groups in total. The van der Waals surface area contributed by atoms with Crippen LogP contribution >= 0.6 is 0 Å². The number of hydrogen-bond acceptors (Lipinski definition) is 8. The van der Waals surface area contributed by atoms with E-state index in [9.17, 15) is 23.1 Å². The summed E-state index contributed by atoms with van der Waals surface area (Å²) >= 11 is 0. The van der Waals surface area contributed by atoms with Crippen LogP contribution in [0, 0.1) is 5.92 Å². The second kappa shape index (κ2) is 12.7. The number of fused-ring (bicyclic) bond motifs is 1. The molecular weight excluding hydrogens is 564 g/mol. The summed E-state index contributed by atoms with van der Waals surface area (Å²) in [5.74, 6) is -0.0470. The third-order valence-electron chi connectivity index (χ3n) is 7.03. The van der Waals surface area contributed by atoms with Gasteiger partial charge in [0.05, 0.1) is 43.9 Å². The minimum atomic E-state index is -4.12. The molecule has 1 aromatic heterocycles. The van der Waals surface area contributed by atoms with Crippen LogP contribution in [0.15, 0.2) is 60.0 Å².